The summed E-state index contributed by atoms with van der Waals surface area (Å²) in [4.78, 5) is 5.60. The zero-order valence-corrected chi connectivity index (χ0v) is 12.7. The maximum atomic E-state index is 6.09. The number of nitrogens with zero attached hydrogens (tertiary/aromatic N) is 1. The number of benzene rings is 1. The number of hydrogen-bond donors (Lipinski definition) is 1. The average Bonchev–Trinajstić information content (AvgIpc) is 2.91. The van der Waals surface area contributed by atoms with Gasteiger partial charge >= 0.3 is 0 Å². The van der Waals surface area contributed by atoms with Gasteiger partial charge in [0.1, 0.15) is 0 Å². The third kappa shape index (κ3) is 2.57. The van der Waals surface area contributed by atoms with Crippen molar-refractivity contribution in [2.75, 3.05) is 6.54 Å². The molecule has 0 bridgehead atoms. The first-order valence-corrected chi connectivity index (χ1v) is 7.80. The predicted octanol–water partition coefficient (Wildman–Crippen LogP) is 4.65. The van der Waals surface area contributed by atoms with Crippen LogP contribution in [0, 0.1) is 0 Å². The molecule has 1 aromatic carbocycles. The molecule has 4 heteroatoms. The Kier molecular flexibility index (Phi) is 4.01. The van der Waals surface area contributed by atoms with Crippen LogP contribution in [-0.4, -0.2) is 11.5 Å². The van der Waals surface area contributed by atoms with E-state index in [0.29, 0.717) is 0 Å². The average molecular weight is 303 g/mol. The van der Waals surface area contributed by atoms with Crippen molar-refractivity contribution in [3.05, 3.63) is 63.6 Å². The molecule has 0 spiro atoms. The van der Waals surface area contributed by atoms with E-state index in [1.807, 2.05) is 24.5 Å². The van der Waals surface area contributed by atoms with Gasteiger partial charge in [-0.2, -0.15) is 0 Å². The second-order valence-corrected chi connectivity index (χ2v) is 6.33. The van der Waals surface area contributed by atoms with E-state index in [0.717, 1.165) is 16.3 Å². The predicted molar refractivity (Wildman–Crippen MR) is 86.6 cm³/mol. The van der Waals surface area contributed by atoms with Gasteiger partial charge in [0.05, 0.1) is 10.4 Å². The van der Waals surface area contributed by atoms with Crippen LogP contribution in [0.25, 0.3) is 10.8 Å². The third-order valence-corrected chi connectivity index (χ3v) is 4.59. The first kappa shape index (κ1) is 13.6. The first-order valence-electron chi connectivity index (χ1n) is 6.61. The van der Waals surface area contributed by atoms with Crippen molar-refractivity contribution in [1.29, 1.82) is 0 Å². The maximum Gasteiger partial charge on any atom is 0.0931 e. The van der Waals surface area contributed by atoms with Crippen LogP contribution in [-0.2, 0) is 0 Å². The molecule has 0 saturated carbocycles. The molecule has 0 radical (unpaired) electrons. The Labute approximate surface area is 127 Å². The molecule has 20 heavy (non-hydrogen) atoms. The number of fused-ring (bicyclic) bond motifs is 1. The van der Waals surface area contributed by atoms with E-state index >= 15 is 0 Å². The zero-order chi connectivity index (χ0) is 13.9. The summed E-state index contributed by atoms with van der Waals surface area (Å²) in [6.07, 6.45) is 3.85. The van der Waals surface area contributed by atoms with Crippen molar-refractivity contribution >= 4 is 33.7 Å². The second-order valence-electron chi connectivity index (χ2n) is 4.58. The van der Waals surface area contributed by atoms with Crippen LogP contribution in [0.2, 0.25) is 4.34 Å². The van der Waals surface area contributed by atoms with Crippen molar-refractivity contribution in [3.8, 4) is 0 Å². The van der Waals surface area contributed by atoms with Gasteiger partial charge in [-0.1, -0.05) is 42.8 Å². The highest BCUT2D eigenvalue weighted by Gasteiger charge is 2.17. The highest BCUT2D eigenvalue weighted by molar-refractivity contribution is 7.16. The minimum absolute atomic E-state index is 0.135. The highest BCUT2D eigenvalue weighted by Crippen LogP contribution is 2.33. The van der Waals surface area contributed by atoms with Gasteiger partial charge in [0.15, 0.2) is 0 Å². The minimum atomic E-state index is 0.135. The van der Waals surface area contributed by atoms with E-state index in [2.05, 4.69) is 41.5 Å². The number of nitrogens with one attached hydrogen (secondary N) is 1. The topological polar surface area (TPSA) is 24.9 Å². The fourth-order valence-electron chi connectivity index (χ4n) is 2.42. The van der Waals surface area contributed by atoms with Crippen LogP contribution >= 0.6 is 22.9 Å². The summed E-state index contributed by atoms with van der Waals surface area (Å²) < 4.78 is 0.816. The lowest BCUT2D eigenvalue weighted by Crippen LogP contribution is -2.21. The second kappa shape index (κ2) is 5.92. The molecule has 0 aliphatic carbocycles. The maximum absolute atomic E-state index is 6.09. The lowest BCUT2D eigenvalue weighted by Gasteiger charge is -2.18. The van der Waals surface area contributed by atoms with E-state index in [-0.39, 0.29) is 6.04 Å². The van der Waals surface area contributed by atoms with E-state index in [1.165, 1.54) is 15.8 Å². The van der Waals surface area contributed by atoms with Crippen LogP contribution in [0.15, 0.2) is 48.8 Å². The van der Waals surface area contributed by atoms with Crippen molar-refractivity contribution in [2.45, 2.75) is 13.0 Å². The van der Waals surface area contributed by atoms with E-state index in [1.54, 1.807) is 11.3 Å². The van der Waals surface area contributed by atoms with E-state index in [9.17, 15) is 0 Å². The monoisotopic (exact) mass is 302 g/mol. The van der Waals surface area contributed by atoms with Gasteiger partial charge in [0, 0.05) is 28.2 Å². The summed E-state index contributed by atoms with van der Waals surface area (Å²) in [5, 5.41) is 5.93. The summed E-state index contributed by atoms with van der Waals surface area (Å²) in [6, 6.07) is 12.5. The van der Waals surface area contributed by atoms with Crippen LogP contribution < -0.4 is 5.32 Å². The van der Waals surface area contributed by atoms with Crippen LogP contribution in [0.1, 0.15) is 23.4 Å². The van der Waals surface area contributed by atoms with Gasteiger partial charge in [-0.15, -0.1) is 11.3 Å². The summed E-state index contributed by atoms with van der Waals surface area (Å²) in [6.45, 7) is 3.00. The van der Waals surface area contributed by atoms with Crippen LogP contribution in [0.3, 0.4) is 0 Å². The number of aromatic nitrogens is 1. The number of hydrogen-bond acceptors (Lipinski definition) is 3. The van der Waals surface area contributed by atoms with E-state index < -0.39 is 0 Å². The molecule has 3 rings (SSSR count). The molecule has 0 amide bonds. The summed E-state index contributed by atoms with van der Waals surface area (Å²) in [7, 11) is 0. The Morgan fingerprint density at radius 2 is 2.05 bits per heavy atom. The fourth-order valence-corrected chi connectivity index (χ4v) is 3.58. The Bertz CT molecular complexity index is 718. The number of halogens is 1. The van der Waals surface area contributed by atoms with Gasteiger partial charge in [-0.05, 0) is 24.1 Å². The molecule has 0 aliphatic heterocycles. The molecule has 2 heterocycles. The van der Waals surface area contributed by atoms with E-state index in [4.69, 9.17) is 11.6 Å². The number of thiophene rings is 1. The van der Waals surface area contributed by atoms with Crippen molar-refractivity contribution in [2.24, 2.45) is 0 Å². The quantitative estimate of drug-likeness (QED) is 0.759. The van der Waals surface area contributed by atoms with Gasteiger partial charge in [-0.3, -0.25) is 4.98 Å². The summed E-state index contributed by atoms with van der Waals surface area (Å²) in [5.41, 5.74) is 1.20. The number of rotatable bonds is 4. The molecule has 1 N–H and O–H groups in total. The van der Waals surface area contributed by atoms with Crippen LogP contribution in [0.4, 0.5) is 0 Å². The molecule has 2 nitrogen and oxygen atoms in total. The number of pyridine rings is 1. The molecule has 0 aliphatic rings. The Hall–Kier alpha value is -1.42. The third-order valence-electron chi connectivity index (χ3n) is 3.30. The molecular formula is C16H15ClN2S. The molecule has 0 fully saturated rings. The molecule has 1 atom stereocenters. The van der Waals surface area contributed by atoms with Crippen molar-refractivity contribution in [3.63, 3.8) is 0 Å². The minimum Gasteiger partial charge on any atom is -0.306 e. The molecule has 3 aromatic rings. The Morgan fingerprint density at radius 1 is 1.20 bits per heavy atom. The van der Waals surface area contributed by atoms with Crippen molar-refractivity contribution < 1.29 is 0 Å². The lowest BCUT2D eigenvalue weighted by atomic mass is 10.0. The highest BCUT2D eigenvalue weighted by atomic mass is 35.5. The van der Waals surface area contributed by atoms with Gasteiger partial charge in [-0.25, -0.2) is 0 Å². The fraction of sp³-hybridized carbons (Fsp3) is 0.188. The first-order chi connectivity index (χ1) is 9.79. The molecule has 102 valence electrons. The lowest BCUT2D eigenvalue weighted by molar-refractivity contribution is 0.642. The largest absolute Gasteiger partial charge is 0.306 e. The van der Waals surface area contributed by atoms with Crippen LogP contribution in [0.5, 0.6) is 0 Å². The van der Waals surface area contributed by atoms with Gasteiger partial charge in [0.2, 0.25) is 0 Å². The Balaban J connectivity index is 2.14. The summed E-state index contributed by atoms with van der Waals surface area (Å²) >= 11 is 7.70. The molecule has 0 saturated heterocycles. The van der Waals surface area contributed by atoms with Gasteiger partial charge < -0.3 is 5.32 Å². The smallest absolute Gasteiger partial charge is 0.0931 e. The standard InChI is InChI=1S/C16H15ClN2S/c1-2-19-16(14-7-8-15(17)20-14)13-10-18-9-11-5-3-4-6-12(11)13/h3-10,16,19H,2H2,1H3. The summed E-state index contributed by atoms with van der Waals surface area (Å²) in [5.74, 6) is 0. The van der Waals surface area contributed by atoms with Crippen molar-refractivity contribution in [1.82, 2.24) is 10.3 Å². The molecular weight excluding hydrogens is 288 g/mol. The van der Waals surface area contributed by atoms with Gasteiger partial charge in [0.25, 0.3) is 0 Å². The molecule has 2 aromatic heterocycles. The normalized spacial score (nSPS) is 12.7. The Morgan fingerprint density at radius 3 is 2.80 bits per heavy atom. The zero-order valence-electron chi connectivity index (χ0n) is 11.1. The SMILES string of the molecule is CCNC(c1ccc(Cl)s1)c1cncc2ccccc12. The molecule has 1 unspecified atom stereocenters.